The van der Waals surface area contributed by atoms with Gasteiger partial charge in [0.1, 0.15) is 6.29 Å². The summed E-state index contributed by atoms with van der Waals surface area (Å²) in [6, 6.07) is 14.6. The van der Waals surface area contributed by atoms with Crippen molar-refractivity contribution in [2.24, 2.45) is 0 Å². The van der Waals surface area contributed by atoms with Gasteiger partial charge in [-0.15, -0.1) is 0 Å². The molecule has 0 aliphatic heterocycles. The number of aryl methyl sites for hydroxylation is 1. The molecule has 1 heteroatoms. The van der Waals surface area contributed by atoms with Crippen molar-refractivity contribution in [3.8, 4) is 11.1 Å². The van der Waals surface area contributed by atoms with E-state index in [1.165, 1.54) is 5.56 Å². The van der Waals surface area contributed by atoms with Crippen LogP contribution in [0.3, 0.4) is 0 Å². The zero-order valence-corrected chi connectivity index (χ0v) is 12.0. The quantitative estimate of drug-likeness (QED) is 0.703. The van der Waals surface area contributed by atoms with E-state index in [4.69, 9.17) is 0 Å². The smallest absolute Gasteiger partial charge is 0.150 e. The van der Waals surface area contributed by atoms with Crippen molar-refractivity contribution in [2.45, 2.75) is 33.1 Å². The average Bonchev–Trinajstić information content (AvgIpc) is 2.38. The molecule has 0 aliphatic carbocycles. The third-order valence-corrected chi connectivity index (χ3v) is 3.49. The highest BCUT2D eigenvalue weighted by Crippen LogP contribution is 2.27. The Kier molecular flexibility index (Phi) is 3.57. The number of rotatable bonds is 2. The predicted octanol–water partition coefficient (Wildman–Crippen LogP) is 4.77. The molecular weight excluding hydrogens is 232 g/mol. The van der Waals surface area contributed by atoms with Gasteiger partial charge >= 0.3 is 0 Å². The molecule has 0 unspecified atom stereocenters. The Labute approximate surface area is 115 Å². The van der Waals surface area contributed by atoms with Crippen molar-refractivity contribution >= 4 is 6.29 Å². The lowest BCUT2D eigenvalue weighted by Crippen LogP contribution is -2.10. The molecule has 0 saturated heterocycles. The van der Waals surface area contributed by atoms with E-state index in [0.717, 1.165) is 28.5 Å². The van der Waals surface area contributed by atoms with E-state index < -0.39 is 0 Å². The van der Waals surface area contributed by atoms with Crippen LogP contribution in [0.2, 0.25) is 0 Å². The molecular formula is C18H20O. The minimum atomic E-state index is 0.166. The normalized spacial score (nSPS) is 11.4. The Bertz CT molecular complexity index is 586. The van der Waals surface area contributed by atoms with Gasteiger partial charge in [-0.2, -0.15) is 0 Å². The Morgan fingerprint density at radius 3 is 2.00 bits per heavy atom. The predicted molar refractivity (Wildman–Crippen MR) is 80.7 cm³/mol. The van der Waals surface area contributed by atoms with Gasteiger partial charge in [0.25, 0.3) is 0 Å². The number of hydrogen-bond acceptors (Lipinski definition) is 1. The summed E-state index contributed by atoms with van der Waals surface area (Å²) in [5.74, 6) is 0. The molecule has 2 rings (SSSR count). The first-order valence-corrected chi connectivity index (χ1v) is 6.58. The maximum absolute atomic E-state index is 11.0. The van der Waals surface area contributed by atoms with Crippen LogP contribution in [0, 0.1) is 6.92 Å². The molecule has 19 heavy (non-hydrogen) atoms. The van der Waals surface area contributed by atoms with Crippen molar-refractivity contribution < 1.29 is 4.79 Å². The summed E-state index contributed by atoms with van der Waals surface area (Å²) in [7, 11) is 0. The van der Waals surface area contributed by atoms with Crippen LogP contribution in [-0.4, -0.2) is 6.29 Å². The molecule has 2 aromatic carbocycles. The van der Waals surface area contributed by atoms with Crippen LogP contribution in [-0.2, 0) is 5.41 Å². The number of carbonyl (C=O) groups excluding carboxylic acids is 1. The van der Waals surface area contributed by atoms with Crippen LogP contribution in [0.4, 0.5) is 0 Å². The van der Waals surface area contributed by atoms with Crippen LogP contribution < -0.4 is 0 Å². The summed E-state index contributed by atoms with van der Waals surface area (Å²) >= 11 is 0. The number of aldehydes is 1. The summed E-state index contributed by atoms with van der Waals surface area (Å²) in [4.78, 5) is 11.0. The third kappa shape index (κ3) is 2.93. The van der Waals surface area contributed by atoms with Gasteiger partial charge in [0.2, 0.25) is 0 Å². The maximum Gasteiger partial charge on any atom is 0.150 e. The number of hydrogen-bond donors (Lipinski definition) is 0. The standard InChI is InChI=1S/C18H20O/c1-13-5-6-15(11-16(13)12-19)14-7-9-17(10-8-14)18(2,3)4/h5-12H,1-4H3. The second kappa shape index (κ2) is 5.00. The lowest BCUT2D eigenvalue weighted by Gasteiger charge is -2.19. The van der Waals surface area contributed by atoms with Gasteiger partial charge in [0.05, 0.1) is 0 Å². The van der Waals surface area contributed by atoms with Crippen LogP contribution in [0.15, 0.2) is 42.5 Å². The maximum atomic E-state index is 11.0. The molecule has 0 atom stereocenters. The first-order valence-electron chi connectivity index (χ1n) is 6.58. The van der Waals surface area contributed by atoms with Crippen molar-refractivity contribution in [1.29, 1.82) is 0 Å². The second-order valence-electron chi connectivity index (χ2n) is 6.02. The van der Waals surface area contributed by atoms with E-state index in [9.17, 15) is 4.79 Å². The molecule has 0 saturated carbocycles. The van der Waals surface area contributed by atoms with Gasteiger partial charge < -0.3 is 0 Å². The van der Waals surface area contributed by atoms with Gasteiger partial charge in [-0.1, -0.05) is 57.2 Å². The van der Waals surface area contributed by atoms with E-state index in [0.29, 0.717) is 0 Å². The molecule has 0 radical (unpaired) electrons. The highest BCUT2D eigenvalue weighted by Gasteiger charge is 2.13. The molecule has 0 fully saturated rings. The summed E-state index contributed by atoms with van der Waals surface area (Å²) in [5.41, 5.74) is 5.51. The van der Waals surface area contributed by atoms with Gasteiger partial charge in [0, 0.05) is 5.56 Å². The summed E-state index contributed by atoms with van der Waals surface area (Å²) < 4.78 is 0. The zero-order chi connectivity index (χ0) is 14.0. The van der Waals surface area contributed by atoms with Crippen molar-refractivity contribution in [3.05, 3.63) is 59.2 Å². The first kappa shape index (κ1) is 13.5. The number of carbonyl (C=O) groups is 1. The van der Waals surface area contributed by atoms with Gasteiger partial charge in [-0.3, -0.25) is 4.79 Å². The lowest BCUT2D eigenvalue weighted by molar-refractivity contribution is 0.112. The summed E-state index contributed by atoms with van der Waals surface area (Å²) in [5, 5.41) is 0. The number of benzene rings is 2. The van der Waals surface area contributed by atoms with E-state index in [1.807, 2.05) is 19.1 Å². The SMILES string of the molecule is Cc1ccc(-c2ccc(C(C)(C)C)cc2)cc1C=O. The van der Waals surface area contributed by atoms with Gasteiger partial charge in [0.15, 0.2) is 0 Å². The topological polar surface area (TPSA) is 17.1 Å². The molecule has 98 valence electrons. The Balaban J connectivity index is 2.40. The third-order valence-electron chi connectivity index (χ3n) is 3.49. The highest BCUT2D eigenvalue weighted by molar-refractivity contribution is 5.81. The molecule has 0 heterocycles. The summed E-state index contributed by atoms with van der Waals surface area (Å²) in [6.45, 7) is 8.57. The van der Waals surface area contributed by atoms with E-state index >= 15 is 0 Å². The molecule has 2 aromatic rings. The van der Waals surface area contributed by atoms with E-state index in [2.05, 4.69) is 51.1 Å². The lowest BCUT2D eigenvalue weighted by atomic mass is 9.86. The Morgan fingerprint density at radius 2 is 1.47 bits per heavy atom. The van der Waals surface area contributed by atoms with E-state index in [-0.39, 0.29) is 5.41 Å². The van der Waals surface area contributed by atoms with Crippen LogP contribution in [0.5, 0.6) is 0 Å². The molecule has 0 bridgehead atoms. The zero-order valence-electron chi connectivity index (χ0n) is 12.0. The fraction of sp³-hybridized carbons (Fsp3) is 0.278. The van der Waals surface area contributed by atoms with Crippen LogP contribution in [0.25, 0.3) is 11.1 Å². The summed E-state index contributed by atoms with van der Waals surface area (Å²) in [6.07, 6.45) is 0.919. The fourth-order valence-electron chi connectivity index (χ4n) is 2.11. The molecule has 0 aliphatic rings. The van der Waals surface area contributed by atoms with Gasteiger partial charge in [-0.05, 0) is 40.7 Å². The van der Waals surface area contributed by atoms with Crippen molar-refractivity contribution in [1.82, 2.24) is 0 Å². The molecule has 0 aromatic heterocycles. The minimum Gasteiger partial charge on any atom is -0.298 e. The average molecular weight is 252 g/mol. The highest BCUT2D eigenvalue weighted by atomic mass is 16.1. The largest absolute Gasteiger partial charge is 0.298 e. The van der Waals surface area contributed by atoms with Crippen molar-refractivity contribution in [2.75, 3.05) is 0 Å². The Hall–Kier alpha value is -1.89. The van der Waals surface area contributed by atoms with E-state index in [1.54, 1.807) is 0 Å². The molecule has 0 spiro atoms. The van der Waals surface area contributed by atoms with Crippen LogP contribution >= 0.6 is 0 Å². The van der Waals surface area contributed by atoms with Crippen LogP contribution in [0.1, 0.15) is 42.3 Å². The monoisotopic (exact) mass is 252 g/mol. The molecule has 0 N–H and O–H groups in total. The molecule has 1 nitrogen and oxygen atoms in total. The van der Waals surface area contributed by atoms with Gasteiger partial charge in [-0.25, -0.2) is 0 Å². The molecule has 0 amide bonds. The fourth-order valence-corrected chi connectivity index (χ4v) is 2.11. The first-order chi connectivity index (χ1) is 8.91. The Morgan fingerprint density at radius 1 is 0.895 bits per heavy atom. The van der Waals surface area contributed by atoms with Crippen molar-refractivity contribution in [3.63, 3.8) is 0 Å². The minimum absolute atomic E-state index is 0.166. The second-order valence-corrected chi connectivity index (χ2v) is 6.02.